The number of carboxylic acids is 1. The van der Waals surface area contributed by atoms with Crippen molar-refractivity contribution in [1.82, 2.24) is 20.4 Å². The molecule has 0 unspecified atom stereocenters. The van der Waals surface area contributed by atoms with Crippen molar-refractivity contribution < 1.29 is 52.8 Å². The highest BCUT2D eigenvalue weighted by atomic mass is 35.5. The molecule has 1 saturated heterocycles. The molecule has 2 heterocycles. The number of hydrogen-bond acceptors (Lipinski definition) is 10. The normalized spacial score (nSPS) is 14.8. The number of ketones is 1. The van der Waals surface area contributed by atoms with E-state index in [0.29, 0.717) is 36.3 Å². The van der Waals surface area contributed by atoms with Crippen molar-refractivity contribution in [2.24, 2.45) is 0 Å². The van der Waals surface area contributed by atoms with Gasteiger partial charge < -0.3 is 39.6 Å². The van der Waals surface area contributed by atoms with Crippen molar-refractivity contribution in [3.8, 4) is 23.0 Å². The summed E-state index contributed by atoms with van der Waals surface area (Å²) in [4.78, 5) is 86.2. The molecule has 0 bridgehead atoms. The number of allylic oxidation sites excluding steroid dienone is 1. The van der Waals surface area contributed by atoms with Crippen molar-refractivity contribution in [1.29, 1.82) is 0 Å². The lowest BCUT2D eigenvalue weighted by molar-refractivity contribution is -0.156. The van der Waals surface area contributed by atoms with Crippen molar-refractivity contribution >= 4 is 47.0 Å². The van der Waals surface area contributed by atoms with Gasteiger partial charge in [0.1, 0.15) is 38.2 Å². The fourth-order valence-electron chi connectivity index (χ4n) is 9.81. The molecule has 2 aliphatic rings. The Hall–Kier alpha value is -9.21. The minimum Gasteiger partial charge on any atom is -0.485 e. The summed E-state index contributed by atoms with van der Waals surface area (Å²) < 4.78 is 25.3. The number of carbonyl (C=O) groups excluding carboxylic acids is 5. The monoisotopic (exact) mass is 1110 g/mol. The smallest absolute Gasteiger partial charge is 0.353 e. The van der Waals surface area contributed by atoms with Gasteiger partial charge in [-0.3, -0.25) is 28.9 Å². The van der Waals surface area contributed by atoms with Gasteiger partial charge in [0.15, 0.2) is 28.8 Å². The zero-order valence-corrected chi connectivity index (χ0v) is 45.2. The van der Waals surface area contributed by atoms with Crippen LogP contribution in [0.5, 0.6) is 23.0 Å². The summed E-state index contributed by atoms with van der Waals surface area (Å²) >= 11 is 6.23. The Bertz CT molecular complexity index is 3350. The van der Waals surface area contributed by atoms with Crippen LogP contribution in [0.3, 0.4) is 0 Å². The SMILES string of the molecule is O=C(C[C@@H](C(=O)N[C@@H]1C(=O)N2C(C(=O)O)=C(Cl)CC[C@H]12)c1ccccc1)CN(CCCCNC(=O)c1cccc(OCc2ccccc2)c1OCc1ccccc1)C(=O)c1cccc(OCc2ccccc2)c1OCc1ccccc1. The number of fused-ring (bicyclic) bond motifs is 1. The zero-order chi connectivity index (χ0) is 56.5. The molecule has 414 valence electrons. The summed E-state index contributed by atoms with van der Waals surface area (Å²) in [5.41, 5.74) is 4.20. The number of carboxylic acid groups (broad SMARTS) is 1. The molecule has 1 fully saturated rings. The Morgan fingerprint density at radius 3 is 1.60 bits per heavy atom. The third-order valence-electron chi connectivity index (χ3n) is 14.0. The number of para-hydroxylation sites is 2. The number of halogens is 1. The average Bonchev–Trinajstić information content (AvgIpc) is 3.49. The van der Waals surface area contributed by atoms with Gasteiger partial charge in [-0.2, -0.15) is 0 Å². The molecule has 7 aromatic rings. The Kier molecular flexibility index (Phi) is 19.2. The summed E-state index contributed by atoms with van der Waals surface area (Å²) in [5.74, 6) is -3.86. The van der Waals surface area contributed by atoms with E-state index in [1.807, 2.05) is 121 Å². The van der Waals surface area contributed by atoms with Crippen LogP contribution in [0.4, 0.5) is 0 Å². The molecule has 7 aromatic carbocycles. The van der Waals surface area contributed by atoms with E-state index in [9.17, 15) is 29.1 Å². The lowest BCUT2D eigenvalue weighted by Crippen LogP contribution is -2.71. The lowest BCUT2D eigenvalue weighted by atomic mass is 9.85. The van der Waals surface area contributed by atoms with E-state index in [2.05, 4.69) is 10.6 Å². The van der Waals surface area contributed by atoms with Crippen LogP contribution in [0.1, 0.15) is 86.6 Å². The third-order valence-corrected chi connectivity index (χ3v) is 14.3. The van der Waals surface area contributed by atoms with Crippen LogP contribution in [-0.4, -0.2) is 82.0 Å². The highest BCUT2D eigenvalue weighted by Gasteiger charge is 2.53. The van der Waals surface area contributed by atoms with Gasteiger partial charge in [0.25, 0.3) is 17.7 Å². The number of Topliss-reactive ketones (excluding diaryl/α,β-unsaturated/α-hetero) is 1. The molecule has 3 atom stereocenters. The third kappa shape index (κ3) is 14.5. The van der Waals surface area contributed by atoms with Crippen LogP contribution in [-0.2, 0) is 45.6 Å². The van der Waals surface area contributed by atoms with E-state index in [-0.39, 0.29) is 85.7 Å². The van der Waals surface area contributed by atoms with E-state index < -0.39 is 59.9 Å². The molecule has 15 nitrogen and oxygen atoms in total. The van der Waals surface area contributed by atoms with Gasteiger partial charge in [-0.15, -0.1) is 0 Å². The molecule has 81 heavy (non-hydrogen) atoms. The van der Waals surface area contributed by atoms with E-state index >= 15 is 4.79 Å². The fourth-order valence-corrected chi connectivity index (χ4v) is 10.1. The number of unbranched alkanes of at least 4 members (excludes halogenated alkanes) is 1. The quantitative estimate of drug-likeness (QED) is 0.0328. The Morgan fingerprint density at radius 1 is 0.605 bits per heavy atom. The number of aliphatic carboxylic acids is 1. The number of hydrogen-bond donors (Lipinski definition) is 3. The summed E-state index contributed by atoms with van der Waals surface area (Å²) in [6.45, 7) is 0.554. The van der Waals surface area contributed by atoms with Crippen molar-refractivity contribution in [2.75, 3.05) is 19.6 Å². The predicted molar refractivity (Wildman–Crippen MR) is 305 cm³/mol. The van der Waals surface area contributed by atoms with Crippen molar-refractivity contribution in [2.45, 2.75) is 76.5 Å². The molecule has 4 amide bonds. The predicted octanol–water partition coefficient (Wildman–Crippen LogP) is 10.4. The first-order valence-electron chi connectivity index (χ1n) is 26.8. The number of ether oxygens (including phenoxy) is 4. The fraction of sp³-hybridized carbons (Fsp3) is 0.231. The summed E-state index contributed by atoms with van der Waals surface area (Å²) in [7, 11) is 0. The Morgan fingerprint density at radius 2 is 1.09 bits per heavy atom. The summed E-state index contributed by atoms with van der Waals surface area (Å²) in [6, 6.07) is 55.5. The van der Waals surface area contributed by atoms with E-state index in [0.717, 1.165) is 27.2 Å². The second kappa shape index (κ2) is 27.6. The van der Waals surface area contributed by atoms with Crippen molar-refractivity contribution in [3.63, 3.8) is 0 Å². The van der Waals surface area contributed by atoms with E-state index in [1.54, 1.807) is 66.7 Å². The minimum absolute atomic E-state index is 0.0557. The van der Waals surface area contributed by atoms with E-state index in [1.165, 1.54) is 4.90 Å². The van der Waals surface area contributed by atoms with Crippen LogP contribution in [0, 0.1) is 0 Å². The van der Waals surface area contributed by atoms with Crippen LogP contribution in [0.2, 0.25) is 0 Å². The second-order valence-corrected chi connectivity index (χ2v) is 20.1. The van der Waals surface area contributed by atoms with Gasteiger partial charge in [-0.1, -0.05) is 175 Å². The number of carbonyl (C=O) groups is 6. The van der Waals surface area contributed by atoms with Gasteiger partial charge in [0.05, 0.1) is 29.6 Å². The van der Waals surface area contributed by atoms with E-state index in [4.69, 9.17) is 30.5 Å². The molecular formula is C65H61ClN4O11. The number of nitrogens with one attached hydrogen (secondary N) is 2. The first kappa shape index (κ1) is 56.5. The molecule has 2 aliphatic heterocycles. The highest BCUT2D eigenvalue weighted by Crippen LogP contribution is 2.39. The number of benzene rings is 7. The summed E-state index contributed by atoms with van der Waals surface area (Å²) in [5, 5.41) is 15.7. The first-order chi connectivity index (χ1) is 39.5. The number of nitrogens with zero attached hydrogens (tertiary/aromatic N) is 2. The molecule has 0 aromatic heterocycles. The van der Waals surface area contributed by atoms with Gasteiger partial charge in [-0.05, 0) is 77.8 Å². The number of β-lactam (4-membered cyclic amide) rings is 1. The molecule has 0 saturated carbocycles. The standard InChI is InChI=1S/C65H61ClN4O11/c66-53-34-35-54-57(64(75)70(54)58(53)65(76)77)68-62(73)52(48-28-14-5-15-29-48)38-49(71)39-69(63(74)51-31-19-33-56(79-41-45-22-8-2-9-23-45)60(51)81-43-47-26-12-4-13-27-47)37-17-16-36-67-61(72)50-30-18-32-55(78-40-44-20-6-1-7-21-44)59(50)80-42-46-24-10-3-11-25-46/h1-15,18-33,52,54,57H,16-17,34-43H2,(H,67,72)(H,68,73)(H,76,77)/t52-,54-,57+/m1/s1. The first-order valence-corrected chi connectivity index (χ1v) is 27.2. The topological polar surface area (TPSA) is 190 Å². The van der Waals surface area contributed by atoms with Crippen LogP contribution in [0.25, 0.3) is 0 Å². The second-order valence-electron chi connectivity index (χ2n) is 19.6. The molecule has 0 radical (unpaired) electrons. The maximum absolute atomic E-state index is 15.2. The Labute approximate surface area is 475 Å². The largest absolute Gasteiger partial charge is 0.485 e. The van der Waals surface area contributed by atoms with Crippen LogP contribution in [0.15, 0.2) is 199 Å². The summed E-state index contributed by atoms with van der Waals surface area (Å²) in [6.07, 6.45) is 0.920. The van der Waals surface area contributed by atoms with Crippen molar-refractivity contribution in [3.05, 3.63) is 238 Å². The zero-order valence-electron chi connectivity index (χ0n) is 44.4. The molecule has 3 N–H and O–H groups in total. The molecular weight excluding hydrogens is 1050 g/mol. The van der Waals surface area contributed by atoms with Gasteiger partial charge in [0.2, 0.25) is 5.91 Å². The minimum atomic E-state index is -1.34. The van der Waals surface area contributed by atoms with Crippen LogP contribution >= 0.6 is 11.6 Å². The van der Waals surface area contributed by atoms with Gasteiger partial charge in [0, 0.05) is 24.5 Å². The molecule has 0 spiro atoms. The number of rotatable bonds is 27. The Balaban J connectivity index is 0.942. The average molecular weight is 1110 g/mol. The van der Waals surface area contributed by atoms with Gasteiger partial charge in [-0.25, -0.2) is 4.79 Å². The number of amides is 4. The molecule has 16 heteroatoms. The highest BCUT2D eigenvalue weighted by molar-refractivity contribution is 6.32. The van der Waals surface area contributed by atoms with Crippen LogP contribution < -0.4 is 29.6 Å². The lowest BCUT2D eigenvalue weighted by Gasteiger charge is -2.49. The maximum Gasteiger partial charge on any atom is 0.353 e. The maximum atomic E-state index is 15.2. The van der Waals surface area contributed by atoms with Gasteiger partial charge >= 0.3 is 5.97 Å². The molecule has 0 aliphatic carbocycles. The molecule has 9 rings (SSSR count).